The monoisotopic (exact) mass is 356 g/mol. The Balaban J connectivity index is 2.38. The van der Waals surface area contributed by atoms with Gasteiger partial charge in [-0.05, 0) is 25.7 Å². The normalized spacial score (nSPS) is 28.2. The molecule has 0 aromatic carbocycles. The van der Waals surface area contributed by atoms with Crippen molar-refractivity contribution in [3.63, 3.8) is 0 Å². The summed E-state index contributed by atoms with van der Waals surface area (Å²) >= 11 is 1.67. The van der Waals surface area contributed by atoms with E-state index in [0.29, 0.717) is 24.6 Å². The van der Waals surface area contributed by atoms with Crippen molar-refractivity contribution in [2.24, 2.45) is 0 Å². The average Bonchev–Trinajstić information content (AvgIpc) is 2.79. The highest BCUT2D eigenvalue weighted by molar-refractivity contribution is 8.01. The first-order valence-electron chi connectivity index (χ1n) is 8.05. The minimum Gasteiger partial charge on any atom is -0.344 e. The summed E-state index contributed by atoms with van der Waals surface area (Å²) in [7, 11) is -6.01. The van der Waals surface area contributed by atoms with Crippen LogP contribution in [0, 0.1) is 0 Å². The van der Waals surface area contributed by atoms with Crippen LogP contribution in [-0.4, -0.2) is 44.9 Å². The van der Waals surface area contributed by atoms with Gasteiger partial charge in [0.25, 0.3) is 0 Å². The van der Waals surface area contributed by atoms with Crippen molar-refractivity contribution in [2.45, 2.75) is 62.9 Å². The molecule has 0 aromatic heterocycles. The largest absolute Gasteiger partial charge is 0.344 e. The van der Waals surface area contributed by atoms with Gasteiger partial charge in [0.05, 0.1) is 0 Å². The Morgan fingerprint density at radius 3 is 1.62 bits per heavy atom. The third-order valence-corrected chi connectivity index (χ3v) is 10.0. The van der Waals surface area contributed by atoms with Gasteiger partial charge in [-0.2, -0.15) is 11.8 Å². The lowest BCUT2D eigenvalue weighted by Gasteiger charge is -2.18. The van der Waals surface area contributed by atoms with Gasteiger partial charge >= 0.3 is 0 Å². The molecular formula is C14H30O4P2S. The van der Waals surface area contributed by atoms with Crippen molar-refractivity contribution >= 4 is 26.5 Å². The third kappa shape index (κ3) is 8.23. The molecule has 4 unspecified atom stereocenters. The van der Waals surface area contributed by atoms with Crippen LogP contribution in [-0.2, 0) is 9.13 Å². The predicted molar refractivity (Wildman–Crippen MR) is 93.3 cm³/mol. The highest BCUT2D eigenvalue weighted by atomic mass is 32.2. The molecule has 0 aromatic rings. The summed E-state index contributed by atoms with van der Waals surface area (Å²) < 4.78 is 24.2. The van der Waals surface area contributed by atoms with Gasteiger partial charge in [-0.15, -0.1) is 0 Å². The molecule has 0 amide bonds. The first-order valence-corrected chi connectivity index (χ1v) is 13.1. The molecule has 0 saturated carbocycles. The summed E-state index contributed by atoms with van der Waals surface area (Å²) in [5.41, 5.74) is 0. The van der Waals surface area contributed by atoms with E-state index in [2.05, 4.69) is 0 Å². The molecule has 0 radical (unpaired) electrons. The van der Waals surface area contributed by atoms with Crippen molar-refractivity contribution in [3.05, 3.63) is 0 Å². The van der Waals surface area contributed by atoms with Gasteiger partial charge < -0.3 is 9.79 Å². The molecule has 4 nitrogen and oxygen atoms in total. The minimum absolute atomic E-state index is 0.189. The number of thioether (sulfide) groups is 1. The Morgan fingerprint density at radius 1 is 0.905 bits per heavy atom. The van der Waals surface area contributed by atoms with E-state index in [1.54, 1.807) is 11.8 Å². The summed E-state index contributed by atoms with van der Waals surface area (Å²) in [5.74, 6) is 0. The molecular weight excluding hydrogens is 326 g/mol. The molecule has 0 bridgehead atoms. The number of hydrogen-bond donors (Lipinski definition) is 2. The van der Waals surface area contributed by atoms with Gasteiger partial charge in [-0.3, -0.25) is 9.13 Å². The molecule has 1 fully saturated rings. The van der Waals surface area contributed by atoms with Crippen LogP contribution in [0.3, 0.4) is 0 Å². The van der Waals surface area contributed by atoms with Crippen LogP contribution in [0.1, 0.15) is 52.4 Å². The van der Waals surface area contributed by atoms with E-state index in [0.717, 1.165) is 38.5 Å². The number of rotatable bonds is 10. The Hall–Kier alpha value is 0.730. The molecule has 4 atom stereocenters. The van der Waals surface area contributed by atoms with Crippen LogP contribution in [0.15, 0.2) is 0 Å². The van der Waals surface area contributed by atoms with Gasteiger partial charge in [-0.25, -0.2) is 0 Å². The number of unbranched alkanes of at least 4 members (excludes halogenated alkanes) is 2. The molecule has 2 N–H and O–H groups in total. The lowest BCUT2D eigenvalue weighted by atomic mass is 10.2. The van der Waals surface area contributed by atoms with E-state index in [1.807, 2.05) is 13.8 Å². The maximum absolute atomic E-state index is 12.1. The van der Waals surface area contributed by atoms with Gasteiger partial charge in [0.15, 0.2) is 0 Å². The Kier molecular flexibility index (Phi) is 8.60. The molecule has 1 rings (SSSR count). The summed E-state index contributed by atoms with van der Waals surface area (Å²) in [6.45, 7) is 4.05. The number of hydrogen-bond acceptors (Lipinski definition) is 3. The molecule has 0 aliphatic carbocycles. The third-order valence-electron chi connectivity index (χ3n) is 3.90. The van der Waals surface area contributed by atoms with Gasteiger partial charge in [0.1, 0.15) is 0 Å². The molecule has 1 aliphatic heterocycles. The topological polar surface area (TPSA) is 74.6 Å². The van der Waals surface area contributed by atoms with Crippen LogP contribution in [0.25, 0.3) is 0 Å². The zero-order chi connectivity index (χ0) is 15.9. The van der Waals surface area contributed by atoms with E-state index >= 15 is 0 Å². The highest BCUT2D eigenvalue weighted by Crippen LogP contribution is 2.51. The van der Waals surface area contributed by atoms with E-state index < -0.39 is 14.7 Å². The van der Waals surface area contributed by atoms with Crippen LogP contribution in [0.5, 0.6) is 0 Å². The van der Waals surface area contributed by atoms with E-state index in [-0.39, 0.29) is 10.5 Å². The standard InChI is InChI=1S/C14H30O4P2S/c1-3-5-9-19(15,16)11-13-7-8-14(21-13)12-20(17,18)10-6-4-2/h13-14H,3-12H2,1-2H3,(H,15,16)(H,17,18). The van der Waals surface area contributed by atoms with Gasteiger partial charge in [0.2, 0.25) is 14.7 Å². The van der Waals surface area contributed by atoms with Crippen molar-refractivity contribution in [1.29, 1.82) is 0 Å². The Bertz CT molecular complexity index is 366. The second-order valence-electron chi connectivity index (χ2n) is 6.17. The van der Waals surface area contributed by atoms with Gasteiger partial charge in [-0.1, -0.05) is 26.7 Å². The first-order chi connectivity index (χ1) is 9.78. The fourth-order valence-corrected chi connectivity index (χ4v) is 9.48. The van der Waals surface area contributed by atoms with E-state index in [9.17, 15) is 18.9 Å². The summed E-state index contributed by atoms with van der Waals surface area (Å²) in [5, 5.41) is 0.378. The molecule has 1 aliphatic rings. The zero-order valence-corrected chi connectivity index (χ0v) is 15.8. The summed E-state index contributed by atoms with van der Waals surface area (Å²) in [4.78, 5) is 20.0. The smallest absolute Gasteiger partial charge is 0.201 e. The van der Waals surface area contributed by atoms with Crippen molar-refractivity contribution in [2.75, 3.05) is 24.6 Å². The first kappa shape index (κ1) is 19.8. The lowest BCUT2D eigenvalue weighted by molar-refractivity contribution is 0.470. The predicted octanol–water partition coefficient (Wildman–Crippen LogP) is 4.39. The lowest BCUT2D eigenvalue weighted by Crippen LogP contribution is -2.10. The maximum Gasteiger partial charge on any atom is 0.201 e. The molecule has 7 heteroatoms. The second kappa shape index (κ2) is 9.13. The summed E-state index contributed by atoms with van der Waals surface area (Å²) in [6, 6.07) is 0. The fourth-order valence-electron chi connectivity index (χ4n) is 2.68. The Labute approximate surface area is 133 Å². The van der Waals surface area contributed by atoms with Crippen LogP contribution >= 0.6 is 26.5 Å². The molecule has 126 valence electrons. The van der Waals surface area contributed by atoms with Crippen LogP contribution in [0.4, 0.5) is 0 Å². The fraction of sp³-hybridized carbons (Fsp3) is 1.00. The zero-order valence-electron chi connectivity index (χ0n) is 13.2. The van der Waals surface area contributed by atoms with E-state index in [4.69, 9.17) is 0 Å². The molecule has 1 saturated heterocycles. The van der Waals surface area contributed by atoms with E-state index in [1.165, 1.54) is 0 Å². The quantitative estimate of drug-likeness (QED) is 0.568. The second-order valence-corrected chi connectivity index (χ2v) is 12.8. The molecule has 0 spiro atoms. The van der Waals surface area contributed by atoms with Crippen molar-refractivity contribution < 1.29 is 18.9 Å². The summed E-state index contributed by atoms with van der Waals surface area (Å²) in [6.07, 6.45) is 6.87. The SMILES string of the molecule is CCCCP(=O)(O)CC1CCC(CP(=O)(O)CCCC)S1. The molecule has 1 heterocycles. The van der Waals surface area contributed by atoms with Crippen LogP contribution in [0.2, 0.25) is 0 Å². The van der Waals surface area contributed by atoms with Crippen LogP contribution < -0.4 is 0 Å². The van der Waals surface area contributed by atoms with Crippen molar-refractivity contribution in [3.8, 4) is 0 Å². The van der Waals surface area contributed by atoms with Gasteiger partial charge in [0, 0.05) is 35.1 Å². The Morgan fingerprint density at radius 2 is 1.29 bits per heavy atom. The van der Waals surface area contributed by atoms with Crippen molar-refractivity contribution in [1.82, 2.24) is 0 Å². The highest BCUT2D eigenvalue weighted by Gasteiger charge is 2.34. The maximum atomic E-state index is 12.1. The minimum atomic E-state index is -3.01. The average molecular weight is 356 g/mol. The molecule has 21 heavy (non-hydrogen) atoms.